The highest BCUT2D eigenvalue weighted by molar-refractivity contribution is 6.60. The Balaban J connectivity index is 1.49. The first-order valence-electron chi connectivity index (χ1n) is 24.4. The molecule has 0 aliphatic heterocycles. The molecule has 0 aromatic rings. The highest BCUT2D eigenvalue weighted by atomic mass is 28.4. The van der Waals surface area contributed by atoms with E-state index in [1.54, 1.807) is 21.3 Å². The number of hydrogen-bond donors (Lipinski definition) is 3. The molecule has 0 saturated heterocycles. The summed E-state index contributed by atoms with van der Waals surface area (Å²) >= 11 is 0. The minimum atomic E-state index is -2.57. The monoisotopic (exact) mass is 839 g/mol. The van der Waals surface area contributed by atoms with Crippen molar-refractivity contribution < 1.29 is 27.5 Å². The fraction of sp³-hybridized carbons (Fsp3) is 1.00. The summed E-state index contributed by atoms with van der Waals surface area (Å²) in [6.45, 7) is 18.0. The average Bonchev–Trinajstić information content (AvgIpc) is 3.59. The van der Waals surface area contributed by atoms with Crippen LogP contribution in [0.4, 0.5) is 0 Å². The maximum Gasteiger partial charge on any atom is 0.500 e. The van der Waals surface area contributed by atoms with Gasteiger partial charge in [0.2, 0.25) is 0 Å². The van der Waals surface area contributed by atoms with Gasteiger partial charge in [-0.2, -0.15) is 0 Å². The molecule has 0 unspecified atom stereocenters. The van der Waals surface area contributed by atoms with Crippen LogP contribution in [0.25, 0.3) is 0 Å². The summed E-state index contributed by atoms with van der Waals surface area (Å²) < 4.78 is 37.9. The molecule has 58 heavy (non-hydrogen) atoms. The Morgan fingerprint density at radius 3 is 1.97 bits per heavy atom. The van der Waals surface area contributed by atoms with Crippen molar-refractivity contribution in [2.75, 3.05) is 80.4 Å². The van der Waals surface area contributed by atoms with E-state index in [1.807, 2.05) is 0 Å². The smallest absolute Gasteiger partial charge is 0.378 e. The first-order valence-corrected chi connectivity index (χ1v) is 26.4. The molecule has 4 aliphatic carbocycles. The summed E-state index contributed by atoms with van der Waals surface area (Å²) in [7, 11) is 2.63. The summed E-state index contributed by atoms with van der Waals surface area (Å²) in [5, 5.41) is 0. The fourth-order valence-electron chi connectivity index (χ4n) is 13.0. The maximum absolute atomic E-state index is 7.13. The Hall–Kier alpha value is -0.183. The Kier molecular flexibility index (Phi) is 22.5. The molecule has 10 nitrogen and oxygen atoms in total. The minimum absolute atomic E-state index is 0.128. The van der Waals surface area contributed by atoms with Gasteiger partial charge >= 0.3 is 8.80 Å². The van der Waals surface area contributed by atoms with E-state index >= 15 is 0 Å². The van der Waals surface area contributed by atoms with Gasteiger partial charge < -0.3 is 49.6 Å². The molecular weight excluding hydrogens is 745 g/mol. The average molecular weight is 839 g/mol. The van der Waals surface area contributed by atoms with Crippen LogP contribution < -0.4 is 17.2 Å². The van der Waals surface area contributed by atoms with Crippen LogP contribution in [0.5, 0.6) is 0 Å². The van der Waals surface area contributed by atoms with Crippen LogP contribution in [0.1, 0.15) is 150 Å². The predicted molar refractivity (Wildman–Crippen MR) is 241 cm³/mol. The van der Waals surface area contributed by atoms with E-state index in [4.69, 9.17) is 44.7 Å². The van der Waals surface area contributed by atoms with Crippen molar-refractivity contribution in [1.82, 2.24) is 4.90 Å². The number of unbranched alkanes of at least 4 members (excludes halogenated alkanes) is 5. The SMILES string of the molecule is CCCCCCCCN(CCC[C@@H](C)[C@H]1CC[C@H]2[C@@H]3[C@H](OCCCN)C[C@@H]4C[C@H](OCCCN)CC[C@]4(C)[C@H]3C[C@H](OCCCN)[C@]12C)CCC[Si](OC)(OC)OC. The molecule has 4 fully saturated rings. The van der Waals surface area contributed by atoms with E-state index in [0.717, 1.165) is 90.3 Å². The summed E-state index contributed by atoms with van der Waals surface area (Å²) in [5.74, 6) is 3.67. The van der Waals surface area contributed by atoms with Gasteiger partial charge in [-0.1, -0.05) is 59.8 Å². The van der Waals surface area contributed by atoms with Gasteiger partial charge in [0.25, 0.3) is 0 Å². The molecule has 0 heterocycles. The summed E-state index contributed by atoms with van der Waals surface area (Å²) in [5.41, 5.74) is 18.3. The van der Waals surface area contributed by atoms with Crippen LogP contribution >= 0.6 is 0 Å². The molecule has 11 atom stereocenters. The number of hydrogen-bond acceptors (Lipinski definition) is 10. The van der Waals surface area contributed by atoms with E-state index in [1.165, 1.54) is 77.2 Å². The van der Waals surface area contributed by atoms with Crippen molar-refractivity contribution in [2.24, 2.45) is 63.5 Å². The topological polar surface area (TPSA) is 137 Å². The Labute approximate surface area is 358 Å². The maximum atomic E-state index is 7.13. The lowest BCUT2D eigenvalue weighted by Gasteiger charge is -2.65. The van der Waals surface area contributed by atoms with Crippen molar-refractivity contribution >= 4 is 8.80 Å². The number of fused-ring (bicyclic) bond motifs is 5. The van der Waals surface area contributed by atoms with Gasteiger partial charge in [0.15, 0.2) is 0 Å². The molecule has 11 heteroatoms. The van der Waals surface area contributed by atoms with E-state index in [2.05, 4.69) is 32.6 Å². The molecule has 6 N–H and O–H groups in total. The second kappa shape index (κ2) is 25.8. The van der Waals surface area contributed by atoms with Gasteiger partial charge in [-0.3, -0.25) is 0 Å². The zero-order chi connectivity index (χ0) is 42.0. The molecule has 0 amide bonds. The van der Waals surface area contributed by atoms with E-state index in [0.29, 0.717) is 61.2 Å². The van der Waals surface area contributed by atoms with Crippen LogP contribution in [0.15, 0.2) is 0 Å². The van der Waals surface area contributed by atoms with Crippen LogP contribution in [0, 0.1) is 46.3 Å². The van der Waals surface area contributed by atoms with Gasteiger partial charge in [0.1, 0.15) is 0 Å². The Morgan fingerprint density at radius 1 is 0.672 bits per heavy atom. The highest BCUT2D eigenvalue weighted by Crippen LogP contribution is 2.69. The molecule has 0 spiro atoms. The lowest BCUT2D eigenvalue weighted by atomic mass is 9.43. The van der Waals surface area contributed by atoms with Crippen molar-refractivity contribution in [2.45, 2.75) is 174 Å². The fourth-order valence-corrected chi connectivity index (χ4v) is 14.7. The number of nitrogens with two attached hydrogens (primary N) is 3. The van der Waals surface area contributed by atoms with Crippen LogP contribution in [0.3, 0.4) is 0 Å². The second-order valence-electron chi connectivity index (χ2n) is 19.6. The van der Waals surface area contributed by atoms with Crippen molar-refractivity contribution in [3.8, 4) is 0 Å². The van der Waals surface area contributed by atoms with E-state index in [9.17, 15) is 0 Å². The van der Waals surface area contributed by atoms with Crippen LogP contribution in [-0.4, -0.2) is 112 Å². The zero-order valence-electron chi connectivity index (χ0n) is 38.8. The van der Waals surface area contributed by atoms with E-state index in [-0.39, 0.29) is 23.0 Å². The summed E-state index contributed by atoms with van der Waals surface area (Å²) in [6, 6.07) is 0.856. The molecule has 342 valence electrons. The normalized spacial score (nSPS) is 32.9. The Bertz CT molecular complexity index is 1100. The van der Waals surface area contributed by atoms with E-state index < -0.39 is 8.80 Å². The molecule has 4 saturated carbocycles. The zero-order valence-corrected chi connectivity index (χ0v) is 39.8. The quantitative estimate of drug-likeness (QED) is 0.0461. The van der Waals surface area contributed by atoms with Gasteiger partial charge in [-0.05, 0) is 170 Å². The van der Waals surface area contributed by atoms with Crippen molar-refractivity contribution in [3.05, 3.63) is 0 Å². The number of nitrogens with zero attached hydrogens (tertiary/aromatic N) is 1. The second-order valence-corrected chi connectivity index (χ2v) is 22.7. The molecule has 0 aromatic carbocycles. The van der Waals surface area contributed by atoms with Crippen LogP contribution in [-0.2, 0) is 27.5 Å². The largest absolute Gasteiger partial charge is 0.500 e. The van der Waals surface area contributed by atoms with Gasteiger partial charge in [-0.15, -0.1) is 0 Å². The first kappa shape index (κ1) is 50.5. The molecule has 0 bridgehead atoms. The lowest BCUT2D eigenvalue weighted by molar-refractivity contribution is -0.227. The first-order chi connectivity index (χ1) is 28.1. The number of rotatable bonds is 31. The van der Waals surface area contributed by atoms with Gasteiger partial charge in [0.05, 0.1) is 18.3 Å². The third-order valence-electron chi connectivity index (χ3n) is 16.3. The van der Waals surface area contributed by atoms with Crippen LogP contribution in [0.2, 0.25) is 6.04 Å². The molecular formula is C47H94N4O6Si. The third kappa shape index (κ3) is 12.9. The third-order valence-corrected chi connectivity index (χ3v) is 19.2. The van der Waals surface area contributed by atoms with Gasteiger partial charge in [0, 0.05) is 52.6 Å². The lowest BCUT2D eigenvalue weighted by Crippen LogP contribution is -2.63. The Morgan fingerprint density at radius 2 is 1.29 bits per heavy atom. The van der Waals surface area contributed by atoms with Gasteiger partial charge in [-0.25, -0.2) is 0 Å². The molecule has 0 aromatic heterocycles. The summed E-state index contributed by atoms with van der Waals surface area (Å²) in [4.78, 5) is 2.73. The standard InChI is InChI=1S/C47H94N4O6Si/c1-8-9-10-11-12-13-27-51(29-18-33-58(52-5,53-6)54-7)28-14-19-37(2)40-20-21-41-45-42(36-44(47(40,41)4)57-32-17-26-50)46(3)23-22-39(55-30-15-24-48)34-38(46)35-43(45)56-31-16-25-49/h37-45H,8-36,48-50H2,1-7H3/t37-,38+,39-,40-,41+,42+,43-,44+,45+,46+,47-/m1/s1. The summed E-state index contributed by atoms with van der Waals surface area (Å²) in [6.07, 6.45) is 23.6. The molecule has 4 rings (SSSR count). The van der Waals surface area contributed by atoms with Crippen molar-refractivity contribution in [1.29, 1.82) is 0 Å². The highest BCUT2D eigenvalue weighted by Gasteiger charge is 2.66. The van der Waals surface area contributed by atoms with Crippen molar-refractivity contribution in [3.63, 3.8) is 0 Å². The number of ether oxygens (including phenoxy) is 3. The molecule has 4 aliphatic rings. The molecule has 0 radical (unpaired) electrons. The minimum Gasteiger partial charge on any atom is -0.378 e. The predicted octanol–water partition coefficient (Wildman–Crippen LogP) is 8.41.